The quantitative estimate of drug-likeness (QED) is 0.449. The lowest BCUT2D eigenvalue weighted by molar-refractivity contribution is 0.281. The van der Waals surface area contributed by atoms with E-state index in [2.05, 4.69) is 95.3 Å². The first kappa shape index (κ1) is 23.2. The Morgan fingerprint density at radius 2 is 1.42 bits per heavy atom. The van der Waals surface area contributed by atoms with E-state index in [9.17, 15) is 0 Å². The van der Waals surface area contributed by atoms with E-state index in [0.717, 1.165) is 24.3 Å². The van der Waals surface area contributed by atoms with E-state index in [4.69, 9.17) is 9.47 Å². The van der Waals surface area contributed by atoms with Crippen molar-refractivity contribution in [2.75, 3.05) is 7.11 Å². The zero-order valence-corrected chi connectivity index (χ0v) is 20.9. The Balaban J connectivity index is 1.62. The van der Waals surface area contributed by atoms with Crippen LogP contribution in [0.25, 0.3) is 0 Å². The number of methoxy groups -OCH3 is 1. The van der Waals surface area contributed by atoms with Gasteiger partial charge in [0.2, 0.25) is 0 Å². The van der Waals surface area contributed by atoms with E-state index in [-0.39, 0.29) is 0 Å². The highest BCUT2D eigenvalue weighted by atomic mass is 16.5. The van der Waals surface area contributed by atoms with Gasteiger partial charge < -0.3 is 9.47 Å². The zero-order chi connectivity index (χ0) is 23.5. The largest absolute Gasteiger partial charge is 0.493 e. The van der Waals surface area contributed by atoms with Crippen LogP contribution in [0.4, 0.5) is 0 Å². The summed E-state index contributed by atoms with van der Waals surface area (Å²) in [5.41, 5.74) is 10.5. The molecule has 0 bridgehead atoms. The maximum absolute atomic E-state index is 6.44. The molecule has 0 N–H and O–H groups in total. The van der Waals surface area contributed by atoms with E-state index in [1.807, 2.05) is 0 Å². The molecule has 33 heavy (non-hydrogen) atoms. The van der Waals surface area contributed by atoms with Crippen molar-refractivity contribution < 1.29 is 9.47 Å². The maximum Gasteiger partial charge on any atom is 0.164 e. The van der Waals surface area contributed by atoms with E-state index in [0.29, 0.717) is 18.4 Å². The van der Waals surface area contributed by atoms with Gasteiger partial charge in [0.15, 0.2) is 11.5 Å². The van der Waals surface area contributed by atoms with Crippen molar-refractivity contribution in [3.63, 3.8) is 0 Å². The molecule has 0 aliphatic heterocycles. The summed E-state index contributed by atoms with van der Waals surface area (Å²) in [5.74, 6) is 2.39. The molecule has 2 aliphatic carbocycles. The lowest BCUT2D eigenvalue weighted by atomic mass is 9.83. The molecule has 2 atom stereocenters. The van der Waals surface area contributed by atoms with Crippen LogP contribution in [0.1, 0.15) is 74.6 Å². The summed E-state index contributed by atoms with van der Waals surface area (Å²) in [5, 5.41) is 0. The molecule has 0 amide bonds. The summed E-state index contributed by atoms with van der Waals surface area (Å²) in [7, 11) is 1.76. The van der Waals surface area contributed by atoms with Crippen LogP contribution in [-0.4, -0.2) is 7.11 Å². The van der Waals surface area contributed by atoms with Gasteiger partial charge in [0.1, 0.15) is 6.61 Å². The molecule has 0 saturated heterocycles. The second-order valence-electron chi connectivity index (χ2n) is 9.74. The van der Waals surface area contributed by atoms with Crippen molar-refractivity contribution in [2.45, 2.75) is 65.9 Å². The van der Waals surface area contributed by atoms with Gasteiger partial charge in [-0.25, -0.2) is 0 Å². The number of aryl methyl sites for hydroxylation is 1. The number of hydrogen-bond acceptors (Lipinski definition) is 2. The molecular weight excluding hydrogens is 404 g/mol. The summed E-state index contributed by atoms with van der Waals surface area (Å²) in [6.45, 7) is 11.5. The third-order valence-electron chi connectivity index (χ3n) is 6.75. The smallest absolute Gasteiger partial charge is 0.164 e. The summed E-state index contributed by atoms with van der Waals surface area (Å²) in [6, 6.07) is 12.9. The van der Waals surface area contributed by atoms with E-state index in [1.54, 1.807) is 7.11 Å². The predicted octanol–water partition coefficient (Wildman–Crippen LogP) is 8.34. The molecule has 0 spiro atoms. The van der Waals surface area contributed by atoms with Gasteiger partial charge in [0.25, 0.3) is 0 Å². The fraction of sp³-hybridized carbons (Fsp3) is 0.355. The number of hydrogen-bond donors (Lipinski definition) is 0. The Morgan fingerprint density at radius 3 is 2.09 bits per heavy atom. The van der Waals surface area contributed by atoms with Gasteiger partial charge >= 0.3 is 0 Å². The van der Waals surface area contributed by atoms with Crippen LogP contribution in [0.2, 0.25) is 0 Å². The molecule has 0 aromatic heterocycles. The lowest BCUT2D eigenvalue weighted by Crippen LogP contribution is -2.09. The zero-order valence-electron chi connectivity index (χ0n) is 20.9. The van der Waals surface area contributed by atoms with E-state index < -0.39 is 0 Å². The van der Waals surface area contributed by atoms with Crippen molar-refractivity contribution in [3.05, 3.63) is 105 Å². The third kappa shape index (κ3) is 5.16. The van der Waals surface area contributed by atoms with Crippen molar-refractivity contribution in [3.8, 4) is 11.5 Å². The standard InChI is InChI=1S/C31H36O2/c1-20-13-21(2)16-26(15-20)28-10-8-7-9-25(28)19-33-29-12-11-24(5)30(31(29)32-6)27-17-22(3)14-23(4)18-27/h7-15,17,26-27H,16,18-19H2,1-6H3. The minimum absolute atomic E-state index is 0.311. The Kier molecular flexibility index (Phi) is 6.93. The topological polar surface area (TPSA) is 18.5 Å². The van der Waals surface area contributed by atoms with Crippen molar-refractivity contribution >= 4 is 0 Å². The highest BCUT2D eigenvalue weighted by Gasteiger charge is 2.23. The molecule has 2 unspecified atom stereocenters. The molecule has 2 aromatic carbocycles. The molecule has 2 aliphatic rings. The number of rotatable bonds is 6. The van der Waals surface area contributed by atoms with Crippen molar-refractivity contribution in [1.29, 1.82) is 0 Å². The normalized spacial score (nSPS) is 20.4. The molecular formula is C31H36O2. The van der Waals surface area contributed by atoms with Crippen LogP contribution in [0.15, 0.2) is 83.0 Å². The van der Waals surface area contributed by atoms with Crippen molar-refractivity contribution in [2.24, 2.45) is 0 Å². The molecule has 0 heterocycles. The van der Waals surface area contributed by atoms with Crippen LogP contribution in [0.3, 0.4) is 0 Å². The highest BCUT2D eigenvalue weighted by molar-refractivity contribution is 5.55. The molecule has 2 aromatic rings. The van der Waals surface area contributed by atoms with Gasteiger partial charge in [-0.15, -0.1) is 0 Å². The minimum Gasteiger partial charge on any atom is -0.493 e. The highest BCUT2D eigenvalue weighted by Crippen LogP contribution is 2.43. The molecule has 4 rings (SSSR count). The van der Waals surface area contributed by atoms with Crippen LogP contribution in [-0.2, 0) is 6.61 Å². The first-order valence-electron chi connectivity index (χ1n) is 11.9. The van der Waals surface area contributed by atoms with Crippen LogP contribution >= 0.6 is 0 Å². The van der Waals surface area contributed by atoms with Gasteiger partial charge in [-0.1, -0.05) is 76.9 Å². The number of benzene rings is 2. The van der Waals surface area contributed by atoms with Gasteiger partial charge in [0.05, 0.1) is 7.11 Å². The first-order valence-corrected chi connectivity index (χ1v) is 11.9. The molecule has 172 valence electrons. The fourth-order valence-corrected chi connectivity index (χ4v) is 5.47. The monoisotopic (exact) mass is 440 g/mol. The van der Waals surface area contributed by atoms with Crippen LogP contribution in [0.5, 0.6) is 11.5 Å². The number of allylic oxidation sites excluding steroid dienone is 8. The van der Waals surface area contributed by atoms with Gasteiger partial charge in [-0.3, -0.25) is 0 Å². The summed E-state index contributed by atoms with van der Waals surface area (Å²) in [6.07, 6.45) is 11.4. The Bertz CT molecular complexity index is 1160. The summed E-state index contributed by atoms with van der Waals surface area (Å²) >= 11 is 0. The Morgan fingerprint density at radius 1 is 0.788 bits per heavy atom. The SMILES string of the molecule is COc1c(OCc2ccccc2C2C=C(C)C=C(C)C2)ccc(C)c1C1C=C(C)C=C(C)C1. The van der Waals surface area contributed by atoms with Crippen molar-refractivity contribution in [1.82, 2.24) is 0 Å². The first-order chi connectivity index (χ1) is 15.9. The van der Waals surface area contributed by atoms with Gasteiger partial charge in [0, 0.05) is 17.4 Å². The average molecular weight is 441 g/mol. The second kappa shape index (κ2) is 9.87. The summed E-state index contributed by atoms with van der Waals surface area (Å²) < 4.78 is 12.4. The third-order valence-corrected chi connectivity index (χ3v) is 6.75. The van der Waals surface area contributed by atoms with E-state index in [1.165, 1.54) is 44.5 Å². The predicted molar refractivity (Wildman–Crippen MR) is 138 cm³/mol. The lowest BCUT2D eigenvalue weighted by Gasteiger charge is -2.25. The van der Waals surface area contributed by atoms with Gasteiger partial charge in [-0.05, 0) is 70.2 Å². The van der Waals surface area contributed by atoms with Crippen LogP contribution in [0, 0.1) is 6.92 Å². The summed E-state index contributed by atoms with van der Waals surface area (Å²) in [4.78, 5) is 0. The minimum atomic E-state index is 0.311. The Labute approximate surface area is 199 Å². The Hall–Kier alpha value is -3.00. The molecule has 2 nitrogen and oxygen atoms in total. The van der Waals surface area contributed by atoms with Crippen LogP contribution < -0.4 is 9.47 Å². The molecule has 2 heteroatoms. The average Bonchev–Trinajstić information content (AvgIpc) is 2.76. The molecule has 0 saturated carbocycles. The fourth-order valence-electron chi connectivity index (χ4n) is 5.47. The van der Waals surface area contributed by atoms with Gasteiger partial charge in [-0.2, -0.15) is 0 Å². The molecule has 0 fully saturated rings. The second-order valence-corrected chi connectivity index (χ2v) is 9.74. The van der Waals surface area contributed by atoms with E-state index >= 15 is 0 Å². The molecule has 0 radical (unpaired) electrons. The maximum atomic E-state index is 6.44. The number of ether oxygens (including phenoxy) is 2.